The first-order valence-electron chi connectivity index (χ1n) is 5.01. The van der Waals surface area contributed by atoms with Crippen molar-refractivity contribution in [2.75, 3.05) is 21.3 Å². The third-order valence-electron chi connectivity index (χ3n) is 1.97. The van der Waals surface area contributed by atoms with E-state index in [1.165, 1.54) is 21.3 Å². The van der Waals surface area contributed by atoms with Crippen molar-refractivity contribution in [2.45, 2.75) is 32.6 Å². The molecule has 0 aromatic heterocycles. The summed E-state index contributed by atoms with van der Waals surface area (Å²) in [5, 5.41) is 0. The minimum Gasteiger partial charge on any atom is -0.452 e. The fourth-order valence-corrected chi connectivity index (χ4v) is 2.22. The first-order chi connectivity index (χ1) is 7.14. The second-order valence-electron chi connectivity index (χ2n) is 3.04. The number of hydrogen-bond acceptors (Lipinski definition) is 5. The molecule has 0 spiro atoms. The number of rotatable bonds is 8. The zero-order chi connectivity index (χ0) is 11.7. The third kappa shape index (κ3) is 7.51. The van der Waals surface area contributed by atoms with Crippen LogP contribution in [-0.4, -0.2) is 87.7 Å². The molecule has 0 saturated heterocycles. The summed E-state index contributed by atoms with van der Waals surface area (Å²) in [6.45, 7) is 2.07. The van der Waals surface area contributed by atoms with Gasteiger partial charge in [0.2, 0.25) is 0 Å². The van der Waals surface area contributed by atoms with Gasteiger partial charge in [-0.2, -0.15) is 0 Å². The van der Waals surface area contributed by atoms with Crippen LogP contribution in [-0.2, 0) is 22.5 Å². The van der Waals surface area contributed by atoms with Crippen LogP contribution in [0.4, 0.5) is 0 Å². The average molecular weight is 275 g/mol. The van der Waals surface area contributed by atoms with Gasteiger partial charge in [0.25, 0.3) is 5.97 Å². The molecule has 0 aliphatic rings. The summed E-state index contributed by atoms with van der Waals surface area (Å²) in [5.74, 6) is -0.333. The van der Waals surface area contributed by atoms with Crippen LogP contribution < -0.4 is 0 Å². The maximum atomic E-state index is 11.4. The van der Waals surface area contributed by atoms with Gasteiger partial charge in [-0.05, 0) is 6.42 Å². The molecule has 7 heteroatoms. The molecule has 91 valence electrons. The van der Waals surface area contributed by atoms with Crippen LogP contribution in [0, 0.1) is 0 Å². The smallest absolute Gasteiger partial charge is 0.452 e. The van der Waals surface area contributed by atoms with E-state index < -0.39 is 9.05 Å². The summed E-state index contributed by atoms with van der Waals surface area (Å²) >= 11 is 0. The Morgan fingerprint density at radius 2 is 1.56 bits per heavy atom. The van der Waals surface area contributed by atoms with E-state index in [9.17, 15) is 4.79 Å². The van der Waals surface area contributed by atoms with Crippen molar-refractivity contribution in [3.8, 4) is 0 Å². The van der Waals surface area contributed by atoms with Crippen LogP contribution >= 0.6 is 0 Å². The van der Waals surface area contributed by atoms with Crippen molar-refractivity contribution in [1.82, 2.24) is 0 Å². The number of unbranched alkanes of at least 4 members (excludes halogenated alkanes) is 2. The van der Waals surface area contributed by atoms with Crippen LogP contribution in [0.5, 0.6) is 0 Å². The van der Waals surface area contributed by atoms with Crippen LogP contribution in [0.3, 0.4) is 0 Å². The molecule has 16 heavy (non-hydrogen) atoms. The summed E-state index contributed by atoms with van der Waals surface area (Å²) in [7, 11) is 1.01. The summed E-state index contributed by atoms with van der Waals surface area (Å²) in [6.07, 6.45) is 3.26. The van der Waals surface area contributed by atoms with Gasteiger partial charge in [0.15, 0.2) is 0 Å². The van der Waals surface area contributed by atoms with Crippen molar-refractivity contribution in [3.63, 3.8) is 0 Å². The normalized spacial score (nSPS) is 10.8. The molecular weight excluding hydrogens is 255 g/mol. The Morgan fingerprint density at radius 1 is 1.06 bits per heavy atom. The SMILES string of the molecule is CCCCCC(=O)O[Si](OC)(OC)OC.[K]. The van der Waals surface area contributed by atoms with E-state index in [4.69, 9.17) is 17.7 Å². The number of carbonyl (C=O) groups is 1. The van der Waals surface area contributed by atoms with Gasteiger partial charge in [-0.15, -0.1) is 0 Å². The molecule has 5 nitrogen and oxygen atoms in total. The second kappa shape index (κ2) is 11.3. The minimum absolute atomic E-state index is 0. The van der Waals surface area contributed by atoms with Crippen molar-refractivity contribution < 1.29 is 22.5 Å². The van der Waals surface area contributed by atoms with Gasteiger partial charge < -0.3 is 17.7 Å². The Labute approximate surface area is 141 Å². The maximum Gasteiger partial charge on any atom is 0.750 e. The van der Waals surface area contributed by atoms with Crippen molar-refractivity contribution in [1.29, 1.82) is 0 Å². The Morgan fingerprint density at radius 3 is 1.94 bits per heavy atom. The fourth-order valence-electron chi connectivity index (χ4n) is 1.08. The fraction of sp³-hybridized carbons (Fsp3) is 0.889. The molecule has 0 amide bonds. The minimum atomic E-state index is -3.19. The molecule has 0 aromatic rings. The topological polar surface area (TPSA) is 54.0 Å². The zero-order valence-electron chi connectivity index (χ0n) is 10.9. The summed E-state index contributed by atoms with van der Waals surface area (Å²) in [6, 6.07) is 0. The van der Waals surface area contributed by atoms with E-state index in [0.29, 0.717) is 6.42 Å². The molecule has 0 rings (SSSR count). The molecule has 0 unspecified atom stereocenters. The van der Waals surface area contributed by atoms with Crippen molar-refractivity contribution >= 4 is 66.4 Å². The Hall–Kier alpha value is 1.20. The molecule has 0 atom stereocenters. The predicted molar refractivity (Wildman–Crippen MR) is 62.8 cm³/mol. The third-order valence-corrected chi connectivity index (χ3v) is 3.95. The molecule has 0 aliphatic heterocycles. The van der Waals surface area contributed by atoms with Crippen LogP contribution in [0.25, 0.3) is 0 Å². The van der Waals surface area contributed by atoms with Gasteiger partial charge in [0.1, 0.15) is 0 Å². The van der Waals surface area contributed by atoms with Gasteiger partial charge in [0, 0.05) is 79.1 Å². The van der Waals surface area contributed by atoms with Gasteiger partial charge in [-0.1, -0.05) is 19.8 Å². The monoisotopic (exact) mass is 275 g/mol. The number of carbonyl (C=O) groups excluding carboxylic acids is 1. The molecule has 0 saturated carbocycles. The van der Waals surface area contributed by atoms with Crippen LogP contribution in [0.1, 0.15) is 32.6 Å². The van der Waals surface area contributed by atoms with Crippen molar-refractivity contribution in [3.05, 3.63) is 0 Å². The van der Waals surface area contributed by atoms with Gasteiger partial charge in [-0.25, -0.2) is 0 Å². The maximum absolute atomic E-state index is 11.4. The average Bonchev–Trinajstić information content (AvgIpc) is 2.26. The molecule has 0 heterocycles. The van der Waals surface area contributed by atoms with Gasteiger partial charge in [-0.3, -0.25) is 4.79 Å². The second-order valence-corrected chi connectivity index (χ2v) is 5.47. The Balaban J connectivity index is 0. The molecule has 0 N–H and O–H groups in total. The molecular formula is C9H20KO5Si. The van der Waals surface area contributed by atoms with Gasteiger partial charge in [0.05, 0.1) is 0 Å². The summed E-state index contributed by atoms with van der Waals surface area (Å²) < 4.78 is 20.0. The summed E-state index contributed by atoms with van der Waals surface area (Å²) in [4.78, 5) is 11.4. The molecule has 0 bridgehead atoms. The first-order valence-corrected chi connectivity index (χ1v) is 6.64. The largest absolute Gasteiger partial charge is 0.750 e. The summed E-state index contributed by atoms with van der Waals surface area (Å²) in [5.41, 5.74) is 0. The van der Waals surface area contributed by atoms with E-state index in [-0.39, 0.29) is 57.4 Å². The van der Waals surface area contributed by atoms with Crippen LogP contribution in [0.2, 0.25) is 0 Å². The van der Waals surface area contributed by atoms with Crippen LogP contribution in [0.15, 0.2) is 0 Å². The number of hydrogen-bond donors (Lipinski definition) is 0. The van der Waals surface area contributed by atoms with E-state index in [1.54, 1.807) is 0 Å². The molecule has 1 radical (unpaired) electrons. The van der Waals surface area contributed by atoms with E-state index in [2.05, 4.69) is 6.92 Å². The Kier molecular flexibility index (Phi) is 13.8. The van der Waals surface area contributed by atoms with E-state index >= 15 is 0 Å². The first kappa shape index (κ1) is 19.5. The zero-order valence-corrected chi connectivity index (χ0v) is 15.0. The Bertz CT molecular complexity index is 178. The predicted octanol–water partition coefficient (Wildman–Crippen LogP) is 1.10. The molecule has 0 aliphatic carbocycles. The molecule has 0 fully saturated rings. The molecule has 0 aromatic carbocycles. The van der Waals surface area contributed by atoms with E-state index in [1.807, 2.05) is 0 Å². The van der Waals surface area contributed by atoms with Gasteiger partial charge >= 0.3 is 9.05 Å². The van der Waals surface area contributed by atoms with Crippen molar-refractivity contribution in [2.24, 2.45) is 0 Å². The quantitative estimate of drug-likeness (QED) is 0.490. The van der Waals surface area contributed by atoms with E-state index in [0.717, 1.165) is 19.3 Å². The standard InChI is InChI=1S/C9H20O5Si.K/c1-5-6-7-8-9(10)14-15(11-2,12-3)13-4;/h5-8H2,1-4H3;.